The van der Waals surface area contributed by atoms with E-state index in [1.807, 2.05) is 32.5 Å². The molecule has 1 atom stereocenters. The van der Waals surface area contributed by atoms with E-state index in [4.69, 9.17) is 5.73 Å². The molecule has 0 aliphatic rings. The van der Waals surface area contributed by atoms with Gasteiger partial charge in [0.2, 0.25) is 0 Å². The number of hydrogen-bond donors (Lipinski definition) is 2. The van der Waals surface area contributed by atoms with Crippen LogP contribution < -0.4 is 11.1 Å². The van der Waals surface area contributed by atoms with Crippen LogP contribution in [0.15, 0.2) is 5.38 Å². The van der Waals surface area contributed by atoms with E-state index in [0.717, 1.165) is 22.8 Å². The number of nitrogens with zero attached hydrogens (tertiary/aromatic N) is 3. The van der Waals surface area contributed by atoms with Crippen LogP contribution in [0.25, 0.3) is 0 Å². The van der Waals surface area contributed by atoms with Crippen molar-refractivity contribution < 1.29 is 4.79 Å². The summed E-state index contributed by atoms with van der Waals surface area (Å²) < 4.78 is 1.87. The number of halogens is 1. The van der Waals surface area contributed by atoms with Crippen LogP contribution in [0.5, 0.6) is 0 Å². The van der Waals surface area contributed by atoms with Gasteiger partial charge in [-0.15, -0.1) is 23.7 Å². The van der Waals surface area contributed by atoms with Gasteiger partial charge in [-0.05, 0) is 39.3 Å². The molecule has 8 heteroatoms. The third kappa shape index (κ3) is 4.76. The summed E-state index contributed by atoms with van der Waals surface area (Å²) in [6.07, 6.45) is 1.47. The van der Waals surface area contributed by atoms with Gasteiger partial charge in [-0.25, -0.2) is 4.98 Å². The van der Waals surface area contributed by atoms with Crippen molar-refractivity contribution >= 4 is 29.7 Å². The summed E-state index contributed by atoms with van der Waals surface area (Å²) in [5, 5.41) is 10.1. The van der Waals surface area contributed by atoms with Gasteiger partial charge in [0.05, 0.1) is 10.7 Å². The first-order valence-corrected chi connectivity index (χ1v) is 8.24. The van der Waals surface area contributed by atoms with E-state index in [1.165, 1.54) is 16.9 Å². The second-order valence-corrected chi connectivity index (χ2v) is 6.46. The lowest BCUT2D eigenvalue weighted by Crippen LogP contribution is -2.34. The van der Waals surface area contributed by atoms with Gasteiger partial charge in [-0.1, -0.05) is 0 Å². The zero-order valence-corrected chi connectivity index (χ0v) is 15.6. The SMILES string of the molecule is Cc1nn(C)c(C)c1CC(C)NC(=O)c1csc(CCN)n1.Cl. The van der Waals surface area contributed by atoms with E-state index >= 15 is 0 Å². The molecule has 0 bridgehead atoms. The molecular weight excluding hydrogens is 334 g/mol. The van der Waals surface area contributed by atoms with Crippen molar-refractivity contribution in [1.29, 1.82) is 0 Å². The third-order valence-corrected chi connectivity index (χ3v) is 4.60. The molecule has 23 heavy (non-hydrogen) atoms. The number of carbonyl (C=O) groups is 1. The van der Waals surface area contributed by atoms with Crippen molar-refractivity contribution in [3.8, 4) is 0 Å². The van der Waals surface area contributed by atoms with Crippen LogP contribution in [0.3, 0.4) is 0 Å². The largest absolute Gasteiger partial charge is 0.348 e. The van der Waals surface area contributed by atoms with Gasteiger partial charge in [0.25, 0.3) is 5.91 Å². The Kier molecular flexibility index (Phi) is 7.18. The van der Waals surface area contributed by atoms with Crippen LogP contribution >= 0.6 is 23.7 Å². The van der Waals surface area contributed by atoms with Gasteiger partial charge in [-0.3, -0.25) is 9.48 Å². The number of thiazole rings is 1. The third-order valence-electron chi connectivity index (χ3n) is 3.69. The quantitative estimate of drug-likeness (QED) is 0.825. The van der Waals surface area contributed by atoms with E-state index in [0.29, 0.717) is 18.7 Å². The molecule has 0 radical (unpaired) electrons. The predicted molar refractivity (Wildman–Crippen MR) is 95.4 cm³/mol. The first-order chi connectivity index (χ1) is 10.4. The minimum atomic E-state index is -0.133. The van der Waals surface area contributed by atoms with Gasteiger partial charge < -0.3 is 11.1 Å². The molecule has 2 aromatic heterocycles. The highest BCUT2D eigenvalue weighted by molar-refractivity contribution is 7.09. The lowest BCUT2D eigenvalue weighted by Gasteiger charge is -2.13. The number of aryl methyl sites for hydroxylation is 2. The minimum absolute atomic E-state index is 0. The first kappa shape index (κ1) is 19.6. The van der Waals surface area contributed by atoms with Crippen molar-refractivity contribution in [3.05, 3.63) is 33.0 Å². The Morgan fingerprint density at radius 2 is 2.17 bits per heavy atom. The average Bonchev–Trinajstić information content (AvgIpc) is 3.00. The molecule has 2 heterocycles. The molecule has 2 rings (SSSR count). The monoisotopic (exact) mass is 357 g/mol. The van der Waals surface area contributed by atoms with E-state index in [1.54, 1.807) is 5.38 Å². The molecule has 3 N–H and O–H groups in total. The second kappa shape index (κ2) is 8.42. The lowest BCUT2D eigenvalue weighted by atomic mass is 10.1. The summed E-state index contributed by atoms with van der Waals surface area (Å²) >= 11 is 1.48. The van der Waals surface area contributed by atoms with Crippen molar-refractivity contribution in [1.82, 2.24) is 20.1 Å². The van der Waals surface area contributed by atoms with Crippen LogP contribution in [-0.2, 0) is 19.9 Å². The highest BCUT2D eigenvalue weighted by Gasteiger charge is 2.17. The van der Waals surface area contributed by atoms with Crippen LogP contribution in [-0.4, -0.2) is 33.3 Å². The van der Waals surface area contributed by atoms with E-state index in [9.17, 15) is 4.79 Å². The van der Waals surface area contributed by atoms with Crippen LogP contribution in [0.1, 0.15) is 39.4 Å². The lowest BCUT2D eigenvalue weighted by molar-refractivity contribution is 0.0935. The highest BCUT2D eigenvalue weighted by atomic mass is 35.5. The molecule has 0 aliphatic carbocycles. The predicted octanol–water partition coefficient (Wildman–Crippen LogP) is 1.78. The van der Waals surface area contributed by atoms with Gasteiger partial charge in [-0.2, -0.15) is 5.10 Å². The number of nitrogens with one attached hydrogen (secondary N) is 1. The molecule has 0 saturated carbocycles. The Balaban J connectivity index is 0.00000264. The zero-order valence-electron chi connectivity index (χ0n) is 13.9. The van der Waals surface area contributed by atoms with Crippen molar-refractivity contribution in [2.24, 2.45) is 12.8 Å². The summed E-state index contributed by atoms with van der Waals surface area (Å²) in [6.45, 7) is 6.58. The molecular formula is C15H24ClN5OS. The van der Waals surface area contributed by atoms with Gasteiger partial charge in [0.1, 0.15) is 5.69 Å². The zero-order chi connectivity index (χ0) is 16.3. The van der Waals surface area contributed by atoms with Gasteiger partial charge >= 0.3 is 0 Å². The Morgan fingerprint density at radius 1 is 1.48 bits per heavy atom. The topological polar surface area (TPSA) is 85.8 Å². The Labute approximate surface area is 146 Å². The maximum Gasteiger partial charge on any atom is 0.270 e. The minimum Gasteiger partial charge on any atom is -0.348 e. The number of rotatable bonds is 6. The maximum atomic E-state index is 12.2. The smallest absolute Gasteiger partial charge is 0.270 e. The van der Waals surface area contributed by atoms with Gasteiger partial charge in [0, 0.05) is 30.6 Å². The van der Waals surface area contributed by atoms with Crippen molar-refractivity contribution in [2.45, 2.75) is 39.7 Å². The van der Waals surface area contributed by atoms with Crippen LogP contribution in [0.2, 0.25) is 0 Å². The Hall–Kier alpha value is -1.44. The number of aromatic nitrogens is 3. The normalized spacial score (nSPS) is 11.9. The molecule has 0 aliphatic heterocycles. The van der Waals surface area contributed by atoms with Crippen molar-refractivity contribution in [2.75, 3.05) is 6.54 Å². The van der Waals surface area contributed by atoms with Crippen LogP contribution in [0.4, 0.5) is 0 Å². The molecule has 6 nitrogen and oxygen atoms in total. The summed E-state index contributed by atoms with van der Waals surface area (Å²) in [5.41, 5.74) is 9.32. The highest BCUT2D eigenvalue weighted by Crippen LogP contribution is 2.15. The number of hydrogen-bond acceptors (Lipinski definition) is 5. The van der Waals surface area contributed by atoms with Crippen LogP contribution in [0, 0.1) is 13.8 Å². The summed E-state index contributed by atoms with van der Waals surface area (Å²) in [4.78, 5) is 16.5. The number of amides is 1. The first-order valence-electron chi connectivity index (χ1n) is 7.36. The molecule has 128 valence electrons. The second-order valence-electron chi connectivity index (χ2n) is 5.52. The molecule has 0 spiro atoms. The standard InChI is InChI=1S/C15H23N5OS.ClH/c1-9(7-12-10(2)19-20(4)11(12)3)17-15(21)13-8-22-14(18-13)5-6-16;/h8-9H,5-7,16H2,1-4H3,(H,17,21);1H. The molecule has 1 amide bonds. The Morgan fingerprint density at radius 3 is 2.74 bits per heavy atom. The molecule has 0 aromatic carbocycles. The molecule has 0 fully saturated rings. The fourth-order valence-corrected chi connectivity index (χ4v) is 3.22. The summed E-state index contributed by atoms with van der Waals surface area (Å²) in [7, 11) is 1.93. The molecule has 1 unspecified atom stereocenters. The Bertz CT molecular complexity index is 667. The average molecular weight is 358 g/mol. The van der Waals surface area contributed by atoms with E-state index < -0.39 is 0 Å². The van der Waals surface area contributed by atoms with E-state index in [2.05, 4.69) is 15.4 Å². The molecule has 0 saturated heterocycles. The maximum absolute atomic E-state index is 12.2. The fraction of sp³-hybridized carbons (Fsp3) is 0.533. The molecule has 2 aromatic rings. The van der Waals surface area contributed by atoms with Gasteiger partial charge in [0.15, 0.2) is 0 Å². The number of carbonyl (C=O) groups excluding carboxylic acids is 1. The summed E-state index contributed by atoms with van der Waals surface area (Å²) in [6, 6.07) is 0.0220. The fourth-order valence-electron chi connectivity index (χ4n) is 2.42. The van der Waals surface area contributed by atoms with Crippen molar-refractivity contribution in [3.63, 3.8) is 0 Å². The summed E-state index contributed by atoms with van der Waals surface area (Å²) in [5.74, 6) is -0.133. The van der Waals surface area contributed by atoms with E-state index in [-0.39, 0.29) is 24.4 Å². The number of nitrogens with two attached hydrogens (primary N) is 1.